The van der Waals surface area contributed by atoms with Gasteiger partial charge in [-0.05, 0) is 53.1 Å². The van der Waals surface area contributed by atoms with Crippen molar-refractivity contribution >= 4 is 22.7 Å². The molecule has 0 spiro atoms. The molecule has 6 nitrogen and oxygen atoms in total. The van der Waals surface area contributed by atoms with Crippen molar-refractivity contribution in [1.82, 2.24) is 14.8 Å². The smallest absolute Gasteiger partial charge is 0.344 e. The van der Waals surface area contributed by atoms with Crippen LogP contribution < -0.4 is 5.32 Å². The highest BCUT2D eigenvalue weighted by Crippen LogP contribution is 2.36. The Morgan fingerprint density at radius 3 is 2.29 bits per heavy atom. The summed E-state index contributed by atoms with van der Waals surface area (Å²) in [6, 6.07) is 18.5. The Morgan fingerprint density at radius 2 is 1.62 bits per heavy atom. The average Bonchev–Trinajstić information content (AvgIpc) is 3.38. The van der Waals surface area contributed by atoms with E-state index >= 15 is 0 Å². The zero-order valence-corrected chi connectivity index (χ0v) is 23.7. The topological polar surface area (TPSA) is 63.6 Å². The molecule has 1 aliphatic heterocycles. The van der Waals surface area contributed by atoms with Crippen molar-refractivity contribution in [2.45, 2.75) is 44.4 Å². The van der Waals surface area contributed by atoms with E-state index in [0.717, 1.165) is 17.2 Å². The quantitative estimate of drug-likeness (QED) is 0.209. The average molecular weight is 636 g/mol. The largest absolute Gasteiger partial charge is 0.522 e. The number of carbonyl (C=O) groups is 2. The molecule has 3 aromatic carbocycles. The van der Waals surface area contributed by atoms with Gasteiger partial charge in [0.2, 0.25) is 0 Å². The van der Waals surface area contributed by atoms with Crippen LogP contribution in [0.5, 0.6) is 0 Å². The van der Waals surface area contributed by atoms with Crippen LogP contribution in [-0.4, -0.2) is 53.5 Å². The van der Waals surface area contributed by atoms with Crippen LogP contribution in [0, 0.1) is 5.82 Å². The SMILES string of the molecule is O=C(c1cn(CCOC(F)(F)F)c2cccc(-c3ccccc3)c12)N1CCC(c2cc(CNC(=O)C(F)(F)F)ccc2F)CC1. The monoisotopic (exact) mass is 635 g/mol. The van der Waals surface area contributed by atoms with Crippen molar-refractivity contribution in [3.05, 3.63) is 95.4 Å². The highest BCUT2D eigenvalue weighted by Gasteiger charge is 2.38. The lowest BCUT2D eigenvalue weighted by Crippen LogP contribution is -2.38. The Labute approximate surface area is 253 Å². The lowest BCUT2D eigenvalue weighted by atomic mass is 9.88. The maximum Gasteiger partial charge on any atom is 0.522 e. The van der Waals surface area contributed by atoms with Crippen molar-refractivity contribution in [3.63, 3.8) is 0 Å². The third-order valence-electron chi connectivity index (χ3n) is 7.81. The Kier molecular flexibility index (Phi) is 9.19. The van der Waals surface area contributed by atoms with Crippen molar-refractivity contribution < 1.29 is 45.1 Å². The van der Waals surface area contributed by atoms with Crippen LogP contribution in [-0.2, 0) is 22.6 Å². The number of aromatic nitrogens is 1. The summed E-state index contributed by atoms with van der Waals surface area (Å²) in [4.78, 5) is 26.7. The molecule has 0 bridgehead atoms. The Balaban J connectivity index is 1.36. The summed E-state index contributed by atoms with van der Waals surface area (Å²) in [7, 11) is 0. The molecule has 1 aromatic heterocycles. The number of nitrogens with one attached hydrogen (secondary N) is 1. The molecule has 0 aliphatic carbocycles. The van der Waals surface area contributed by atoms with Crippen molar-refractivity contribution in [2.75, 3.05) is 19.7 Å². The van der Waals surface area contributed by atoms with Gasteiger partial charge in [0.15, 0.2) is 0 Å². The molecule has 238 valence electrons. The predicted molar refractivity (Wildman–Crippen MR) is 152 cm³/mol. The first kappa shape index (κ1) is 32.0. The van der Waals surface area contributed by atoms with Gasteiger partial charge in [-0.15, -0.1) is 13.2 Å². The van der Waals surface area contributed by atoms with E-state index in [-0.39, 0.29) is 37.0 Å². The number of rotatable bonds is 8. The fourth-order valence-electron chi connectivity index (χ4n) is 5.68. The molecule has 1 aliphatic rings. The molecular formula is C32H28F7N3O3. The minimum Gasteiger partial charge on any atom is -0.344 e. The summed E-state index contributed by atoms with van der Waals surface area (Å²) in [5.41, 5.74) is 3.02. The summed E-state index contributed by atoms with van der Waals surface area (Å²) in [6.45, 7) is -0.732. The lowest BCUT2D eigenvalue weighted by molar-refractivity contribution is -0.325. The summed E-state index contributed by atoms with van der Waals surface area (Å²) >= 11 is 0. The normalized spacial score (nSPS) is 14.6. The zero-order valence-electron chi connectivity index (χ0n) is 23.7. The van der Waals surface area contributed by atoms with E-state index in [1.165, 1.54) is 18.3 Å². The predicted octanol–water partition coefficient (Wildman–Crippen LogP) is 7.18. The molecule has 1 N–H and O–H groups in total. The standard InChI is InChI=1S/C32H28F7N3O3/c33-26-10-9-20(18-40-30(44)31(34,35)36)17-24(26)22-11-13-41(14-12-22)29(43)25-19-42(15-16-45-32(37,38)39)27-8-4-7-23(28(25)27)21-5-2-1-3-6-21/h1-10,17,19,22H,11-16,18H2,(H,40,44). The third-order valence-corrected chi connectivity index (χ3v) is 7.81. The number of hydrogen-bond acceptors (Lipinski definition) is 3. The van der Waals surface area contributed by atoms with Crippen LogP contribution in [0.2, 0.25) is 0 Å². The second kappa shape index (κ2) is 12.9. The van der Waals surface area contributed by atoms with E-state index in [2.05, 4.69) is 4.74 Å². The van der Waals surface area contributed by atoms with Gasteiger partial charge < -0.3 is 14.8 Å². The van der Waals surface area contributed by atoms with E-state index in [4.69, 9.17) is 0 Å². The fraction of sp³-hybridized carbons (Fsp3) is 0.312. The third kappa shape index (κ3) is 7.47. The van der Waals surface area contributed by atoms with Gasteiger partial charge in [0.25, 0.3) is 5.91 Å². The minimum atomic E-state index is -5.03. The van der Waals surface area contributed by atoms with Crippen LogP contribution >= 0.6 is 0 Å². The van der Waals surface area contributed by atoms with Gasteiger partial charge in [0, 0.05) is 43.3 Å². The number of amides is 2. The molecule has 4 aromatic rings. The highest BCUT2D eigenvalue weighted by atomic mass is 19.4. The van der Waals surface area contributed by atoms with Crippen LogP contribution in [0.25, 0.3) is 22.0 Å². The van der Waals surface area contributed by atoms with Crippen LogP contribution in [0.15, 0.2) is 72.9 Å². The summed E-state index contributed by atoms with van der Waals surface area (Å²) in [5, 5.41) is 2.36. The highest BCUT2D eigenvalue weighted by molar-refractivity contribution is 6.12. The molecular weight excluding hydrogens is 607 g/mol. The molecule has 0 radical (unpaired) electrons. The summed E-state index contributed by atoms with van der Waals surface area (Å²) in [5.74, 6) is -3.29. The number of alkyl halides is 6. The molecule has 1 fully saturated rings. The fourth-order valence-corrected chi connectivity index (χ4v) is 5.68. The number of nitrogens with zero attached hydrogens (tertiary/aromatic N) is 2. The first-order chi connectivity index (χ1) is 21.3. The maximum atomic E-state index is 14.8. The number of benzene rings is 3. The van der Waals surface area contributed by atoms with Crippen LogP contribution in [0.4, 0.5) is 30.7 Å². The minimum absolute atomic E-state index is 0.150. The van der Waals surface area contributed by atoms with Crippen LogP contribution in [0.1, 0.15) is 40.2 Å². The van der Waals surface area contributed by atoms with E-state index in [0.29, 0.717) is 34.9 Å². The van der Waals surface area contributed by atoms with Gasteiger partial charge in [0.1, 0.15) is 5.82 Å². The number of piperidine rings is 1. The second-order valence-electron chi connectivity index (χ2n) is 10.7. The number of hydrogen-bond donors (Lipinski definition) is 1. The molecule has 0 atom stereocenters. The van der Waals surface area contributed by atoms with Gasteiger partial charge >= 0.3 is 18.4 Å². The zero-order chi connectivity index (χ0) is 32.4. The number of likely N-dealkylation sites (tertiary alicyclic amines) is 1. The molecule has 1 saturated heterocycles. The van der Waals surface area contributed by atoms with Crippen LogP contribution in [0.3, 0.4) is 0 Å². The van der Waals surface area contributed by atoms with E-state index in [1.54, 1.807) is 26.9 Å². The molecule has 5 rings (SSSR count). The number of fused-ring (bicyclic) bond motifs is 1. The lowest BCUT2D eigenvalue weighted by Gasteiger charge is -2.32. The van der Waals surface area contributed by atoms with Gasteiger partial charge in [-0.25, -0.2) is 4.39 Å². The molecule has 0 unspecified atom stereocenters. The number of ether oxygens (including phenoxy) is 1. The molecule has 2 heterocycles. The van der Waals surface area contributed by atoms with E-state index in [1.807, 2.05) is 36.4 Å². The second-order valence-corrected chi connectivity index (χ2v) is 10.7. The number of halogens is 7. The van der Waals surface area contributed by atoms with E-state index < -0.39 is 37.4 Å². The van der Waals surface area contributed by atoms with Crippen molar-refractivity contribution in [3.8, 4) is 11.1 Å². The first-order valence-corrected chi connectivity index (χ1v) is 14.1. The molecule has 45 heavy (non-hydrogen) atoms. The Bertz CT molecular complexity index is 1680. The molecule has 2 amide bonds. The van der Waals surface area contributed by atoms with E-state index in [9.17, 15) is 40.3 Å². The van der Waals surface area contributed by atoms with Gasteiger partial charge in [-0.3, -0.25) is 14.3 Å². The van der Waals surface area contributed by atoms with Crippen molar-refractivity contribution in [1.29, 1.82) is 0 Å². The maximum absolute atomic E-state index is 14.8. The van der Waals surface area contributed by atoms with Gasteiger partial charge in [-0.2, -0.15) is 13.2 Å². The summed E-state index contributed by atoms with van der Waals surface area (Å²) in [6.07, 6.45) is -7.57. The molecule has 13 heteroatoms. The Morgan fingerprint density at radius 1 is 0.911 bits per heavy atom. The first-order valence-electron chi connectivity index (χ1n) is 14.1. The summed E-state index contributed by atoms with van der Waals surface area (Å²) < 4.78 is 96.0. The van der Waals surface area contributed by atoms with Gasteiger partial charge in [-0.1, -0.05) is 54.6 Å². The van der Waals surface area contributed by atoms with Crippen molar-refractivity contribution in [2.24, 2.45) is 0 Å². The number of carbonyl (C=O) groups excluding carboxylic acids is 2. The Hall–Kier alpha value is -4.39. The molecule has 0 saturated carbocycles. The van der Waals surface area contributed by atoms with Gasteiger partial charge in [0.05, 0.1) is 12.2 Å².